The average molecular weight is 943 g/mol. The smallest absolute Gasteiger partial charge is 0.0628 e. The molecule has 20 nitrogen and oxygen atoms in total. The molecule has 0 amide bonds. The van der Waals surface area contributed by atoms with Crippen molar-refractivity contribution in [2.24, 2.45) is 47.3 Å². The quantitative estimate of drug-likeness (QED) is 0.0712. The van der Waals surface area contributed by atoms with Crippen LogP contribution in [0, 0.1) is 47.3 Å². The molecule has 8 bridgehead atoms. The van der Waals surface area contributed by atoms with Gasteiger partial charge in [0.05, 0.1) is 49.3 Å². The zero-order chi connectivity index (χ0) is 40.5. The summed E-state index contributed by atoms with van der Waals surface area (Å²) in [7, 11) is -11.4. The molecular weight excluding hydrogens is 882 g/mol. The van der Waals surface area contributed by atoms with Crippen molar-refractivity contribution in [3.63, 3.8) is 0 Å². The topological polar surface area (TPSA) is 314 Å². The number of nitrogens with one attached hydrogen (secondary N) is 8. The van der Waals surface area contributed by atoms with E-state index in [1.54, 1.807) is 0 Å². The molecule has 5 heterocycles. The first-order valence-corrected chi connectivity index (χ1v) is 24.1. The van der Waals surface area contributed by atoms with Crippen LogP contribution in [-0.2, 0) is 97.1 Å². The maximum absolute atomic E-state index is 8.56. The molecule has 330 valence electrons. The predicted octanol–water partition coefficient (Wildman–Crippen LogP) is 1.68. The van der Waals surface area contributed by atoms with Gasteiger partial charge in [-0.05, 0) is 98.7 Å². The normalized spacial score (nSPS) is 42.8. The van der Waals surface area contributed by atoms with Crippen LogP contribution in [0.2, 0.25) is 0 Å². The molecule has 0 aromatic heterocycles. The van der Waals surface area contributed by atoms with E-state index >= 15 is 0 Å². The summed E-state index contributed by atoms with van der Waals surface area (Å²) in [6.45, 7) is 0. The first kappa shape index (κ1) is 49.6. The number of hydrogen-bond donors (Lipinski definition) is 12. The third-order valence-electron chi connectivity index (χ3n) is 13.8. The van der Waals surface area contributed by atoms with Gasteiger partial charge in [-0.2, -0.15) is 0 Å². The summed E-state index contributed by atoms with van der Waals surface area (Å²) < 4.78 is 96.3. The van der Waals surface area contributed by atoms with Crippen LogP contribution in [0.5, 0.6) is 0 Å². The van der Waals surface area contributed by atoms with Crippen LogP contribution in [0.3, 0.4) is 0 Å². The van der Waals surface area contributed by atoms with E-state index in [9.17, 15) is 0 Å². The third-order valence-corrected chi connectivity index (χ3v) is 13.8. The minimum atomic E-state index is -2.86. The van der Waals surface area contributed by atoms with Gasteiger partial charge in [-0.3, -0.25) is 42.5 Å². The van der Waals surface area contributed by atoms with Crippen molar-refractivity contribution >= 4 is 43.9 Å². The molecule has 9 rings (SSSR count). The molecule has 12 N–H and O–H groups in total. The fourth-order valence-electron chi connectivity index (χ4n) is 12.0. The van der Waals surface area contributed by atoms with E-state index in [1.807, 2.05) is 0 Å². The monoisotopic (exact) mass is 940 g/mol. The Morgan fingerprint density at radius 3 is 0.439 bits per heavy atom. The van der Waals surface area contributed by atoms with Crippen molar-refractivity contribution in [3.8, 4) is 0 Å². The van der Waals surface area contributed by atoms with Gasteiger partial charge >= 0.3 is 0 Å². The number of rotatable bonds is 0. The van der Waals surface area contributed by atoms with Gasteiger partial charge in [0.2, 0.25) is 0 Å². The molecular formula is C32H60N8O12S4Zn-4. The Kier molecular flexibility index (Phi) is 20.9. The van der Waals surface area contributed by atoms with Crippen molar-refractivity contribution in [3.05, 3.63) is 0 Å². The van der Waals surface area contributed by atoms with Crippen molar-refractivity contribution < 1.29 is 71.4 Å². The Labute approximate surface area is 355 Å². The molecule has 9 aliphatic rings. The molecule has 57 heavy (non-hydrogen) atoms. The summed E-state index contributed by atoms with van der Waals surface area (Å²) in [5.74, 6) is 5.97. The zero-order valence-corrected chi connectivity index (χ0v) is 38.2. The molecule has 9 fully saturated rings. The van der Waals surface area contributed by atoms with Crippen LogP contribution in [-0.4, -0.2) is 67.5 Å². The minimum Gasteiger partial charge on any atom is -0.439 e. The van der Waals surface area contributed by atoms with Gasteiger partial charge < -0.3 is 51.9 Å². The van der Waals surface area contributed by atoms with Crippen LogP contribution in [0.4, 0.5) is 0 Å². The van der Waals surface area contributed by atoms with Gasteiger partial charge in [0.25, 0.3) is 0 Å². The van der Waals surface area contributed by atoms with Gasteiger partial charge in [-0.15, -0.1) is 0 Å². The molecule has 4 aliphatic carbocycles. The molecule has 4 saturated carbocycles. The molecule has 5 aliphatic heterocycles. The second-order valence-corrected chi connectivity index (χ2v) is 18.2. The second-order valence-electron chi connectivity index (χ2n) is 16.5. The summed E-state index contributed by atoms with van der Waals surface area (Å²) in [5.41, 5.74) is 0. The fraction of sp³-hybridized carbons (Fsp3) is 1.00. The Balaban J connectivity index is 0.000000366. The van der Waals surface area contributed by atoms with Gasteiger partial charge in [0.1, 0.15) is 0 Å². The van der Waals surface area contributed by atoms with Crippen LogP contribution in [0.15, 0.2) is 0 Å². The maximum Gasteiger partial charge on any atom is 0.0628 e. The maximum atomic E-state index is 8.56. The van der Waals surface area contributed by atoms with Gasteiger partial charge in [0, 0.05) is 63.4 Å². The summed E-state index contributed by atoms with van der Waals surface area (Å²) in [5, 5.41) is 33.8. The van der Waals surface area contributed by atoms with Crippen molar-refractivity contribution in [1.82, 2.24) is 42.5 Å². The summed E-state index contributed by atoms with van der Waals surface area (Å²) in [4.78, 5) is 0. The van der Waals surface area contributed by atoms with E-state index in [4.69, 9.17) is 51.9 Å². The third kappa shape index (κ3) is 14.0. The SMILES string of the molecule is C1CCC2C3NC(NC4NC(NC5NC(NC6NC(N3)C3CCCCC63)C3CCCCC53)C3CCCCC43)C2C1.O=[S-](=O)O.O=[S-](=O)O.O=[S-](=O)O.O=[S-](=O)O.[Zn]. The van der Waals surface area contributed by atoms with E-state index in [-0.39, 0.29) is 19.5 Å². The van der Waals surface area contributed by atoms with E-state index < -0.39 is 43.9 Å². The summed E-state index contributed by atoms with van der Waals surface area (Å²) in [6.07, 6.45) is 25.6. The van der Waals surface area contributed by atoms with Crippen LogP contribution < -0.4 is 42.5 Å². The molecule has 8 atom stereocenters. The van der Waals surface area contributed by atoms with Crippen LogP contribution >= 0.6 is 0 Å². The summed E-state index contributed by atoms with van der Waals surface area (Å²) >= 11 is 0. The van der Waals surface area contributed by atoms with Crippen molar-refractivity contribution in [2.75, 3.05) is 0 Å². The Morgan fingerprint density at radius 2 is 0.351 bits per heavy atom. The van der Waals surface area contributed by atoms with E-state index in [1.165, 1.54) is 103 Å². The van der Waals surface area contributed by atoms with Gasteiger partial charge in [-0.1, -0.05) is 51.4 Å². The predicted molar refractivity (Wildman–Crippen MR) is 203 cm³/mol. The molecule has 0 radical (unpaired) electrons. The molecule has 0 aromatic carbocycles. The Hall–Kier alpha value is -0.0566. The molecule has 0 spiro atoms. The van der Waals surface area contributed by atoms with Crippen molar-refractivity contribution in [2.45, 2.75) is 152 Å². The number of fused-ring (bicyclic) bond motifs is 20. The molecule has 0 aromatic rings. The van der Waals surface area contributed by atoms with E-state index in [2.05, 4.69) is 42.5 Å². The molecule has 5 saturated heterocycles. The largest absolute Gasteiger partial charge is 0.439 e. The fourth-order valence-corrected chi connectivity index (χ4v) is 12.0. The summed E-state index contributed by atoms with van der Waals surface area (Å²) in [6, 6.07) is 0. The van der Waals surface area contributed by atoms with Gasteiger partial charge in [-0.25, -0.2) is 0 Å². The van der Waals surface area contributed by atoms with Crippen molar-refractivity contribution in [1.29, 1.82) is 0 Å². The first-order chi connectivity index (χ1) is 26.7. The minimum absolute atomic E-state index is 0. The van der Waals surface area contributed by atoms with Crippen LogP contribution in [0.1, 0.15) is 103 Å². The standard InChI is InChI=1S/C32H56N8.4HO3S.Zn/c1-2-10-18-17(9-1)25-33-26(18)38-28-21-13-5-6-14-22(21)30(35-28)40-32-24-16-8-7-15-23(24)31(36-32)39-29-20-12-4-3-11-19(20)27(34-29)37-25;4*1-4(2)3;/h17-40H,1-16H2;4*(H,1,2,3);/q;4*-1;. The Bertz CT molecular complexity index is 1260. The molecule has 8 unspecified atom stereocenters. The molecule has 25 heteroatoms. The van der Waals surface area contributed by atoms with E-state index in [0.29, 0.717) is 49.3 Å². The average Bonchev–Trinajstić information content (AvgIpc) is 3.87. The number of hydrogen-bond acceptors (Lipinski definition) is 20. The van der Waals surface area contributed by atoms with Gasteiger partial charge in [0.15, 0.2) is 0 Å². The zero-order valence-electron chi connectivity index (χ0n) is 31.9. The Morgan fingerprint density at radius 1 is 0.263 bits per heavy atom. The second kappa shape index (κ2) is 24.0. The first-order valence-electron chi connectivity index (χ1n) is 19.9. The van der Waals surface area contributed by atoms with Crippen LogP contribution in [0.25, 0.3) is 0 Å². The van der Waals surface area contributed by atoms with E-state index in [0.717, 1.165) is 47.3 Å².